The topological polar surface area (TPSA) is 68.7 Å². The maximum Gasteiger partial charge on any atom is 0.308 e. The van der Waals surface area contributed by atoms with Crippen LogP contribution < -0.4 is 4.74 Å². The molecule has 0 saturated heterocycles. The summed E-state index contributed by atoms with van der Waals surface area (Å²) in [5.41, 5.74) is 0.389. The molecule has 0 aliphatic rings. The lowest BCUT2D eigenvalue weighted by Gasteiger charge is -2.09. The van der Waals surface area contributed by atoms with E-state index >= 15 is 0 Å². The largest absolute Gasteiger partial charge is 0.497 e. The predicted molar refractivity (Wildman–Crippen MR) is 52.4 cm³/mol. The third-order valence-corrected chi connectivity index (χ3v) is 1.92. The summed E-state index contributed by atoms with van der Waals surface area (Å²) in [5.74, 6) is 0.107. The van der Waals surface area contributed by atoms with Crippen LogP contribution in [0.25, 0.3) is 0 Å². The van der Waals surface area contributed by atoms with Crippen LogP contribution in [-0.2, 0) is 9.53 Å². The lowest BCUT2D eigenvalue weighted by molar-refractivity contribution is -0.142. The van der Waals surface area contributed by atoms with Crippen molar-refractivity contribution >= 4 is 5.97 Å². The molecular weight excluding hydrogens is 198 g/mol. The summed E-state index contributed by atoms with van der Waals surface area (Å²) in [6.45, 7) is 0. The minimum absolute atomic E-state index is 0.114. The van der Waals surface area contributed by atoms with Gasteiger partial charge in [0.15, 0.2) is 0 Å². The Hall–Kier alpha value is -1.62. The van der Waals surface area contributed by atoms with Gasteiger partial charge in [0.2, 0.25) is 0 Å². The number of methoxy groups -OCH3 is 2. The zero-order valence-corrected chi connectivity index (χ0v) is 8.64. The van der Waals surface area contributed by atoms with Gasteiger partial charge in [-0.2, -0.15) is 0 Å². The number of hydrogen-bond acceptors (Lipinski definition) is 5. The highest BCUT2D eigenvalue weighted by atomic mass is 16.5. The summed E-state index contributed by atoms with van der Waals surface area (Å²) in [5, 5.41) is 9.62. The summed E-state index contributed by atoms with van der Waals surface area (Å²) in [6.07, 6.45) is 0.429. The van der Waals surface area contributed by atoms with Gasteiger partial charge in [-0.15, -0.1) is 0 Å². The molecule has 0 radical (unpaired) electrons. The molecule has 0 bridgehead atoms. The second-order valence-corrected chi connectivity index (χ2v) is 2.92. The van der Waals surface area contributed by atoms with Crippen molar-refractivity contribution in [3.05, 3.63) is 24.0 Å². The molecule has 1 rings (SSSR count). The number of carbonyl (C=O) groups excluding carboxylic acids is 1. The second-order valence-electron chi connectivity index (χ2n) is 2.92. The van der Waals surface area contributed by atoms with Crippen molar-refractivity contribution in [2.24, 2.45) is 0 Å². The monoisotopic (exact) mass is 211 g/mol. The van der Waals surface area contributed by atoms with Crippen LogP contribution in [0.4, 0.5) is 0 Å². The Balaban J connectivity index is 2.72. The van der Waals surface area contributed by atoms with Gasteiger partial charge in [0.1, 0.15) is 11.9 Å². The highest BCUT2D eigenvalue weighted by Crippen LogP contribution is 2.19. The average Bonchev–Trinajstić information content (AvgIpc) is 2.28. The molecule has 0 fully saturated rings. The van der Waals surface area contributed by atoms with E-state index in [1.54, 1.807) is 12.1 Å². The molecule has 5 nitrogen and oxygen atoms in total. The van der Waals surface area contributed by atoms with Crippen LogP contribution in [0.3, 0.4) is 0 Å². The van der Waals surface area contributed by atoms with E-state index in [1.165, 1.54) is 20.4 Å². The minimum atomic E-state index is -0.965. The van der Waals surface area contributed by atoms with Crippen molar-refractivity contribution in [2.75, 3.05) is 14.2 Å². The zero-order valence-electron chi connectivity index (χ0n) is 8.64. The van der Waals surface area contributed by atoms with Gasteiger partial charge < -0.3 is 14.6 Å². The number of aliphatic hydroxyl groups is 1. The standard InChI is InChI=1S/C10H13NO4/c1-14-7-3-4-11-8(5-7)9(12)6-10(13)15-2/h3-5,9,12H,6H2,1-2H3. The summed E-state index contributed by atoms with van der Waals surface area (Å²) in [4.78, 5) is 14.8. The molecule has 1 heterocycles. The van der Waals surface area contributed by atoms with Crippen LogP contribution in [0.1, 0.15) is 18.2 Å². The first-order valence-electron chi connectivity index (χ1n) is 4.42. The molecule has 1 N–H and O–H groups in total. The molecular formula is C10H13NO4. The number of nitrogens with zero attached hydrogens (tertiary/aromatic N) is 1. The number of pyridine rings is 1. The minimum Gasteiger partial charge on any atom is -0.497 e. The summed E-state index contributed by atoms with van der Waals surface area (Å²) in [6, 6.07) is 3.24. The van der Waals surface area contributed by atoms with E-state index in [0.29, 0.717) is 11.4 Å². The Morgan fingerprint density at radius 2 is 2.33 bits per heavy atom. The fourth-order valence-corrected chi connectivity index (χ4v) is 1.08. The molecule has 5 heteroatoms. The van der Waals surface area contributed by atoms with Crippen molar-refractivity contribution < 1.29 is 19.4 Å². The molecule has 0 spiro atoms. The van der Waals surface area contributed by atoms with Crippen molar-refractivity contribution in [3.63, 3.8) is 0 Å². The Morgan fingerprint density at radius 3 is 2.93 bits per heavy atom. The molecule has 0 saturated carbocycles. The smallest absolute Gasteiger partial charge is 0.308 e. The van der Waals surface area contributed by atoms with E-state index < -0.39 is 12.1 Å². The van der Waals surface area contributed by atoms with Crippen molar-refractivity contribution in [2.45, 2.75) is 12.5 Å². The Bertz CT molecular complexity index is 340. The van der Waals surface area contributed by atoms with Crippen LogP contribution in [-0.4, -0.2) is 30.3 Å². The van der Waals surface area contributed by atoms with Gasteiger partial charge in [0, 0.05) is 12.3 Å². The molecule has 0 aliphatic heterocycles. The summed E-state index contributed by atoms with van der Waals surface area (Å²) < 4.78 is 9.41. The van der Waals surface area contributed by atoms with Crippen molar-refractivity contribution in [1.29, 1.82) is 0 Å². The van der Waals surface area contributed by atoms with E-state index in [0.717, 1.165) is 0 Å². The lowest BCUT2D eigenvalue weighted by atomic mass is 10.1. The fraction of sp³-hybridized carbons (Fsp3) is 0.400. The van der Waals surface area contributed by atoms with Gasteiger partial charge in [0.05, 0.1) is 26.3 Å². The Kier molecular flexibility index (Phi) is 4.05. The van der Waals surface area contributed by atoms with Crippen molar-refractivity contribution in [1.82, 2.24) is 4.98 Å². The Morgan fingerprint density at radius 1 is 1.60 bits per heavy atom. The molecule has 15 heavy (non-hydrogen) atoms. The first kappa shape index (κ1) is 11.5. The van der Waals surface area contributed by atoms with Gasteiger partial charge in [0.25, 0.3) is 0 Å². The van der Waals surface area contributed by atoms with Crippen LogP contribution in [0.5, 0.6) is 5.75 Å². The number of carbonyl (C=O) groups is 1. The molecule has 1 atom stereocenters. The Labute approximate surface area is 87.7 Å². The molecule has 82 valence electrons. The van der Waals surface area contributed by atoms with Crippen LogP contribution in [0.2, 0.25) is 0 Å². The maximum absolute atomic E-state index is 10.9. The zero-order chi connectivity index (χ0) is 11.3. The SMILES string of the molecule is COC(=O)CC(O)c1cc(OC)ccn1. The number of aliphatic hydroxyl groups excluding tert-OH is 1. The number of ether oxygens (including phenoxy) is 2. The maximum atomic E-state index is 10.9. The highest BCUT2D eigenvalue weighted by molar-refractivity contribution is 5.69. The first-order valence-corrected chi connectivity index (χ1v) is 4.42. The van der Waals surface area contributed by atoms with E-state index in [4.69, 9.17) is 4.74 Å². The third-order valence-electron chi connectivity index (χ3n) is 1.92. The summed E-state index contributed by atoms with van der Waals surface area (Å²) >= 11 is 0. The van der Waals surface area contributed by atoms with Gasteiger partial charge >= 0.3 is 5.97 Å². The predicted octanol–water partition coefficient (Wildman–Crippen LogP) is 0.687. The summed E-state index contributed by atoms with van der Waals surface area (Å²) in [7, 11) is 2.79. The van der Waals surface area contributed by atoms with E-state index in [9.17, 15) is 9.90 Å². The van der Waals surface area contributed by atoms with Crippen LogP contribution >= 0.6 is 0 Å². The molecule has 0 aromatic carbocycles. The van der Waals surface area contributed by atoms with E-state index in [-0.39, 0.29) is 6.42 Å². The molecule has 1 unspecified atom stereocenters. The normalized spacial score (nSPS) is 11.9. The number of esters is 1. The number of hydrogen-bond donors (Lipinski definition) is 1. The highest BCUT2D eigenvalue weighted by Gasteiger charge is 2.14. The van der Waals surface area contributed by atoms with Gasteiger partial charge in [-0.05, 0) is 6.07 Å². The van der Waals surface area contributed by atoms with Crippen LogP contribution in [0.15, 0.2) is 18.3 Å². The molecule has 0 amide bonds. The second kappa shape index (κ2) is 5.31. The van der Waals surface area contributed by atoms with Crippen LogP contribution in [0, 0.1) is 0 Å². The number of aromatic nitrogens is 1. The van der Waals surface area contributed by atoms with Gasteiger partial charge in [-0.3, -0.25) is 9.78 Å². The number of rotatable bonds is 4. The third kappa shape index (κ3) is 3.21. The molecule has 1 aromatic heterocycles. The lowest BCUT2D eigenvalue weighted by Crippen LogP contribution is -2.09. The fourth-order valence-electron chi connectivity index (χ4n) is 1.08. The van der Waals surface area contributed by atoms with Gasteiger partial charge in [-0.25, -0.2) is 0 Å². The van der Waals surface area contributed by atoms with E-state index in [1.807, 2.05) is 0 Å². The average molecular weight is 211 g/mol. The molecule has 0 aliphatic carbocycles. The quantitative estimate of drug-likeness (QED) is 0.742. The van der Waals surface area contributed by atoms with Gasteiger partial charge in [-0.1, -0.05) is 0 Å². The van der Waals surface area contributed by atoms with E-state index in [2.05, 4.69) is 9.72 Å². The van der Waals surface area contributed by atoms with Crippen molar-refractivity contribution in [3.8, 4) is 5.75 Å². The first-order chi connectivity index (χ1) is 7.17. The molecule has 1 aromatic rings.